The summed E-state index contributed by atoms with van der Waals surface area (Å²) in [6.45, 7) is 0.105. The van der Waals surface area contributed by atoms with Crippen LogP contribution in [0.4, 0.5) is 0 Å². The Balaban J connectivity index is 2.21. The van der Waals surface area contributed by atoms with E-state index in [4.69, 9.17) is 79.1 Å². The second-order valence-corrected chi connectivity index (χ2v) is 9.82. The topological polar surface area (TPSA) is 57.1 Å². The molecule has 12 heteroatoms. The van der Waals surface area contributed by atoms with Crippen molar-refractivity contribution in [2.24, 2.45) is 0 Å². The van der Waals surface area contributed by atoms with E-state index in [0.29, 0.717) is 21.5 Å². The number of nitrogens with zero attached hydrogens (tertiary/aromatic N) is 3. The maximum atomic E-state index is 5.87. The van der Waals surface area contributed by atoms with Crippen molar-refractivity contribution >= 4 is 85.5 Å². The van der Waals surface area contributed by atoms with Gasteiger partial charge in [0.25, 0.3) is 0 Å². The molecule has 0 saturated heterocycles. The smallest absolute Gasteiger partial charge is 0.250 e. The van der Waals surface area contributed by atoms with Crippen molar-refractivity contribution in [2.75, 3.05) is 6.79 Å². The fourth-order valence-corrected chi connectivity index (χ4v) is 2.99. The maximum Gasteiger partial charge on any atom is 0.250 e. The number of hydrogen-bond donors (Lipinski definition) is 0. The molecule has 2 aromatic rings. The van der Waals surface area contributed by atoms with Crippen LogP contribution in [0.3, 0.4) is 0 Å². The van der Waals surface area contributed by atoms with Crippen molar-refractivity contribution in [2.45, 2.75) is 7.59 Å². The van der Waals surface area contributed by atoms with Crippen LogP contribution in [0.5, 0.6) is 11.5 Å². The summed E-state index contributed by atoms with van der Waals surface area (Å²) in [5.41, 5.74) is 0.521. The van der Waals surface area contributed by atoms with E-state index in [2.05, 4.69) is 30.9 Å². The van der Waals surface area contributed by atoms with Gasteiger partial charge in [0.15, 0.2) is 29.0 Å². The summed E-state index contributed by atoms with van der Waals surface area (Å²) >= 11 is 38.6. The number of halogens is 7. The van der Waals surface area contributed by atoms with Crippen LogP contribution in [0.2, 0.25) is 0 Å². The van der Waals surface area contributed by atoms with Gasteiger partial charge in [-0.1, -0.05) is 69.6 Å². The zero-order valence-corrected chi connectivity index (χ0v) is 17.3. The minimum Gasteiger partial charge on any atom is -0.454 e. The first-order valence-electron chi connectivity index (χ1n) is 6.06. The SMILES string of the molecule is ClC(Cl)(Cl)c1nc(-c2ccc3c(c2Br)OCO3)nc(C(Cl)(Cl)Cl)n1. The number of fused-ring (bicyclic) bond motifs is 1. The first-order chi connectivity index (χ1) is 11.1. The summed E-state index contributed by atoms with van der Waals surface area (Å²) in [5.74, 6) is 0.853. The number of ether oxygens (including phenoxy) is 2. The molecule has 2 heterocycles. The first kappa shape index (κ1) is 18.8. The number of alkyl halides is 6. The molecule has 128 valence electrons. The molecule has 0 radical (unpaired) electrons. The molecule has 3 rings (SSSR count). The normalized spacial score (nSPS) is 14.1. The highest BCUT2D eigenvalue weighted by Gasteiger charge is 2.34. The van der Waals surface area contributed by atoms with E-state index in [-0.39, 0.29) is 24.3 Å². The molecule has 0 fully saturated rings. The lowest BCUT2D eigenvalue weighted by atomic mass is 10.2. The van der Waals surface area contributed by atoms with Crippen molar-refractivity contribution in [1.29, 1.82) is 0 Å². The average Bonchev–Trinajstić information content (AvgIpc) is 2.95. The predicted molar refractivity (Wildman–Crippen MR) is 97.6 cm³/mol. The Hall–Kier alpha value is 0.0500. The van der Waals surface area contributed by atoms with Gasteiger partial charge in [-0.3, -0.25) is 0 Å². The van der Waals surface area contributed by atoms with Crippen molar-refractivity contribution in [3.05, 3.63) is 28.3 Å². The van der Waals surface area contributed by atoms with Gasteiger partial charge >= 0.3 is 0 Å². The Morgan fingerprint density at radius 1 is 0.875 bits per heavy atom. The third kappa shape index (κ3) is 3.75. The number of aromatic nitrogens is 3. The zero-order valence-electron chi connectivity index (χ0n) is 11.2. The molecular weight excluding hydrogens is 511 g/mol. The highest BCUT2D eigenvalue weighted by Crippen LogP contribution is 2.45. The van der Waals surface area contributed by atoms with Crippen molar-refractivity contribution in [3.8, 4) is 22.9 Å². The Morgan fingerprint density at radius 2 is 1.46 bits per heavy atom. The number of benzene rings is 1. The van der Waals surface area contributed by atoms with E-state index < -0.39 is 7.59 Å². The largest absolute Gasteiger partial charge is 0.454 e. The van der Waals surface area contributed by atoms with Crippen LogP contribution in [0.15, 0.2) is 16.6 Å². The lowest BCUT2D eigenvalue weighted by Gasteiger charge is -2.16. The van der Waals surface area contributed by atoms with Gasteiger partial charge in [-0.05, 0) is 28.1 Å². The van der Waals surface area contributed by atoms with Crippen LogP contribution in [-0.2, 0) is 7.59 Å². The van der Waals surface area contributed by atoms with Crippen LogP contribution in [0.1, 0.15) is 11.6 Å². The van der Waals surface area contributed by atoms with Crippen LogP contribution in [0.25, 0.3) is 11.4 Å². The molecule has 0 aliphatic carbocycles. The van der Waals surface area contributed by atoms with Gasteiger partial charge in [0.2, 0.25) is 14.4 Å². The molecule has 0 amide bonds. The second kappa shape index (κ2) is 6.65. The van der Waals surface area contributed by atoms with Crippen LogP contribution >= 0.6 is 85.5 Å². The average molecular weight is 515 g/mol. The zero-order chi connectivity index (χ0) is 17.7. The van der Waals surface area contributed by atoms with E-state index in [1.807, 2.05) is 0 Å². The second-order valence-electron chi connectivity index (χ2n) is 4.46. The minimum atomic E-state index is -1.93. The van der Waals surface area contributed by atoms with E-state index in [0.717, 1.165) is 0 Å². The lowest BCUT2D eigenvalue weighted by molar-refractivity contribution is 0.173. The molecule has 1 aromatic heterocycles. The quantitative estimate of drug-likeness (QED) is 0.458. The van der Waals surface area contributed by atoms with Crippen molar-refractivity contribution in [1.82, 2.24) is 15.0 Å². The number of rotatable bonds is 1. The van der Waals surface area contributed by atoms with E-state index >= 15 is 0 Å². The molecule has 0 N–H and O–H groups in total. The maximum absolute atomic E-state index is 5.87. The van der Waals surface area contributed by atoms with Gasteiger partial charge < -0.3 is 9.47 Å². The van der Waals surface area contributed by atoms with E-state index in [9.17, 15) is 0 Å². The summed E-state index contributed by atoms with van der Waals surface area (Å²) in [7, 11) is 0. The first-order valence-corrected chi connectivity index (χ1v) is 9.12. The Labute approximate surface area is 174 Å². The summed E-state index contributed by atoms with van der Waals surface area (Å²) in [5, 5.41) is 0. The molecule has 24 heavy (non-hydrogen) atoms. The number of hydrogen-bond acceptors (Lipinski definition) is 5. The van der Waals surface area contributed by atoms with E-state index in [1.54, 1.807) is 12.1 Å². The van der Waals surface area contributed by atoms with Gasteiger partial charge in [-0.15, -0.1) is 0 Å². The molecule has 0 bridgehead atoms. The summed E-state index contributed by atoms with van der Waals surface area (Å²) in [4.78, 5) is 12.2. The monoisotopic (exact) mass is 511 g/mol. The van der Waals surface area contributed by atoms with Crippen molar-refractivity contribution < 1.29 is 9.47 Å². The standard InChI is InChI=1S/C12H4BrCl6N3O2/c13-6-4(1-2-5-7(6)24-3-23-5)8-20-9(11(14,15)16)22-10(21-8)12(17,18)19/h1-2H,3H2. The van der Waals surface area contributed by atoms with Crippen LogP contribution < -0.4 is 9.47 Å². The van der Waals surface area contributed by atoms with Gasteiger partial charge in [0.1, 0.15) is 0 Å². The molecule has 1 aliphatic heterocycles. The molecule has 0 unspecified atom stereocenters. The third-order valence-corrected chi connectivity index (χ3v) is 4.66. The Morgan fingerprint density at radius 3 is 2.00 bits per heavy atom. The molecule has 1 aliphatic rings. The van der Waals surface area contributed by atoms with Crippen LogP contribution in [-0.4, -0.2) is 21.7 Å². The summed E-state index contributed by atoms with van der Waals surface area (Å²) in [6.07, 6.45) is 0. The molecule has 0 saturated carbocycles. The van der Waals surface area contributed by atoms with Gasteiger partial charge in [-0.2, -0.15) is 0 Å². The van der Waals surface area contributed by atoms with Crippen LogP contribution in [0, 0.1) is 0 Å². The van der Waals surface area contributed by atoms with Gasteiger partial charge in [0.05, 0.1) is 4.47 Å². The fourth-order valence-electron chi connectivity index (χ4n) is 1.86. The van der Waals surface area contributed by atoms with Crippen molar-refractivity contribution in [3.63, 3.8) is 0 Å². The molecule has 0 spiro atoms. The minimum absolute atomic E-state index is 0.105. The highest BCUT2D eigenvalue weighted by atomic mass is 79.9. The lowest BCUT2D eigenvalue weighted by Crippen LogP contribution is -2.16. The molecular formula is C12H4BrCl6N3O2. The molecule has 5 nitrogen and oxygen atoms in total. The van der Waals surface area contributed by atoms with Gasteiger partial charge in [0, 0.05) is 5.56 Å². The fraction of sp³-hybridized carbons (Fsp3) is 0.250. The Bertz CT molecular complexity index is 776. The summed E-state index contributed by atoms with van der Waals surface area (Å²) in [6, 6.07) is 3.38. The third-order valence-electron chi connectivity index (χ3n) is 2.86. The van der Waals surface area contributed by atoms with E-state index in [1.165, 1.54) is 0 Å². The molecule has 1 aromatic carbocycles. The van der Waals surface area contributed by atoms with Gasteiger partial charge in [-0.25, -0.2) is 15.0 Å². The summed E-state index contributed by atoms with van der Waals surface area (Å²) < 4.78 is 7.38. The Kier molecular flexibility index (Phi) is 5.22. The molecule has 0 atom stereocenters. The predicted octanol–water partition coefficient (Wildman–Crippen LogP) is 5.68. The highest BCUT2D eigenvalue weighted by molar-refractivity contribution is 9.10.